The smallest absolute Gasteiger partial charge is 0.241 e. The van der Waals surface area contributed by atoms with Crippen molar-refractivity contribution in [2.24, 2.45) is 0 Å². The molecule has 4 rings (SSSR count). The van der Waals surface area contributed by atoms with Gasteiger partial charge in [0.1, 0.15) is 0 Å². The van der Waals surface area contributed by atoms with Gasteiger partial charge < -0.3 is 8.94 Å². The molecule has 0 aliphatic heterocycles. The zero-order valence-corrected chi connectivity index (χ0v) is 13.5. The number of aromatic amines is 1. The molecule has 7 nitrogen and oxygen atoms in total. The van der Waals surface area contributed by atoms with E-state index in [0.29, 0.717) is 30.6 Å². The maximum atomic E-state index is 5.39. The van der Waals surface area contributed by atoms with Gasteiger partial charge in [-0.2, -0.15) is 10.1 Å². The van der Waals surface area contributed by atoms with Crippen molar-refractivity contribution in [2.75, 3.05) is 0 Å². The van der Waals surface area contributed by atoms with Gasteiger partial charge >= 0.3 is 0 Å². The lowest BCUT2D eigenvalue weighted by atomic mass is 10.2. The first-order valence-corrected chi connectivity index (χ1v) is 7.98. The summed E-state index contributed by atoms with van der Waals surface area (Å²) < 4.78 is 10.7. The van der Waals surface area contributed by atoms with Crippen LogP contribution in [0.3, 0.4) is 0 Å². The summed E-state index contributed by atoms with van der Waals surface area (Å²) >= 11 is 0. The maximum absolute atomic E-state index is 5.39. The third-order valence-electron chi connectivity index (χ3n) is 3.77. The molecule has 1 aromatic carbocycles. The molecule has 0 aliphatic carbocycles. The number of nitrogens with one attached hydrogen (secondary N) is 1. The Kier molecular flexibility index (Phi) is 4.38. The SMILES string of the molecule is c1ccc(CN(Cc2ccn[nH]2)Cc2nc(-c3ccco3)no2)cc1. The van der Waals surface area contributed by atoms with E-state index in [1.54, 1.807) is 24.6 Å². The first-order valence-electron chi connectivity index (χ1n) is 7.98. The van der Waals surface area contributed by atoms with E-state index in [-0.39, 0.29) is 0 Å². The van der Waals surface area contributed by atoms with Crippen LogP contribution in [0.15, 0.2) is 69.9 Å². The molecule has 7 heteroatoms. The molecule has 0 fully saturated rings. The monoisotopic (exact) mass is 335 g/mol. The minimum absolute atomic E-state index is 0.459. The summed E-state index contributed by atoms with van der Waals surface area (Å²) in [6.45, 7) is 1.99. The molecule has 0 amide bonds. The number of aromatic nitrogens is 4. The lowest BCUT2D eigenvalue weighted by Crippen LogP contribution is -2.22. The molecule has 0 aliphatic rings. The molecular weight excluding hydrogens is 318 g/mol. The fourth-order valence-electron chi connectivity index (χ4n) is 2.64. The van der Waals surface area contributed by atoms with Gasteiger partial charge in [-0.3, -0.25) is 10.00 Å². The van der Waals surface area contributed by atoms with Crippen LogP contribution in [0.1, 0.15) is 17.1 Å². The fourth-order valence-corrected chi connectivity index (χ4v) is 2.64. The second kappa shape index (κ2) is 7.14. The van der Waals surface area contributed by atoms with Gasteiger partial charge in [-0.15, -0.1) is 0 Å². The normalized spacial score (nSPS) is 11.2. The second-order valence-corrected chi connectivity index (χ2v) is 5.70. The summed E-state index contributed by atoms with van der Waals surface area (Å²) in [7, 11) is 0. The van der Waals surface area contributed by atoms with E-state index in [9.17, 15) is 0 Å². The van der Waals surface area contributed by atoms with Crippen LogP contribution in [-0.4, -0.2) is 25.2 Å². The average molecular weight is 335 g/mol. The van der Waals surface area contributed by atoms with Gasteiger partial charge in [-0.25, -0.2) is 0 Å². The largest absolute Gasteiger partial charge is 0.461 e. The van der Waals surface area contributed by atoms with Crippen LogP contribution in [0.2, 0.25) is 0 Å². The van der Waals surface area contributed by atoms with E-state index in [0.717, 1.165) is 12.2 Å². The van der Waals surface area contributed by atoms with Gasteiger partial charge in [-0.05, 0) is 23.8 Å². The van der Waals surface area contributed by atoms with Gasteiger partial charge in [0, 0.05) is 25.0 Å². The molecule has 4 aromatic rings. The summed E-state index contributed by atoms with van der Waals surface area (Å²) in [5.74, 6) is 1.60. The first-order chi connectivity index (χ1) is 12.4. The molecule has 3 aromatic heterocycles. The quantitative estimate of drug-likeness (QED) is 0.558. The van der Waals surface area contributed by atoms with Crippen molar-refractivity contribution in [3.63, 3.8) is 0 Å². The van der Waals surface area contributed by atoms with Crippen LogP contribution in [0.25, 0.3) is 11.6 Å². The zero-order chi connectivity index (χ0) is 16.9. The number of benzene rings is 1. The predicted molar refractivity (Wildman–Crippen MR) is 90.0 cm³/mol. The van der Waals surface area contributed by atoms with Crippen LogP contribution < -0.4 is 0 Å². The number of furan rings is 1. The summed E-state index contributed by atoms with van der Waals surface area (Å²) in [5, 5.41) is 11.0. The lowest BCUT2D eigenvalue weighted by molar-refractivity contribution is 0.209. The van der Waals surface area contributed by atoms with Crippen LogP contribution in [-0.2, 0) is 19.6 Å². The van der Waals surface area contributed by atoms with Gasteiger partial charge in [0.05, 0.1) is 12.8 Å². The molecule has 0 bridgehead atoms. The van der Waals surface area contributed by atoms with E-state index in [1.165, 1.54) is 5.56 Å². The highest BCUT2D eigenvalue weighted by molar-refractivity contribution is 5.44. The van der Waals surface area contributed by atoms with Crippen LogP contribution in [0.4, 0.5) is 0 Å². The van der Waals surface area contributed by atoms with Crippen molar-refractivity contribution in [1.82, 2.24) is 25.2 Å². The Morgan fingerprint density at radius 1 is 0.960 bits per heavy atom. The van der Waals surface area contributed by atoms with Crippen molar-refractivity contribution in [1.29, 1.82) is 0 Å². The van der Waals surface area contributed by atoms with Crippen LogP contribution >= 0.6 is 0 Å². The molecule has 0 saturated carbocycles. The van der Waals surface area contributed by atoms with E-state index in [1.807, 2.05) is 24.3 Å². The van der Waals surface area contributed by atoms with Crippen LogP contribution in [0, 0.1) is 0 Å². The second-order valence-electron chi connectivity index (χ2n) is 5.70. The highest BCUT2D eigenvalue weighted by Gasteiger charge is 2.15. The Labute approximate surface area is 144 Å². The summed E-state index contributed by atoms with van der Waals surface area (Å²) in [4.78, 5) is 6.63. The molecule has 3 heterocycles. The molecule has 126 valence electrons. The van der Waals surface area contributed by atoms with Crippen molar-refractivity contribution < 1.29 is 8.94 Å². The Morgan fingerprint density at radius 2 is 1.88 bits per heavy atom. The number of hydrogen-bond acceptors (Lipinski definition) is 6. The minimum atomic E-state index is 0.459. The molecule has 1 N–H and O–H groups in total. The molecule has 25 heavy (non-hydrogen) atoms. The number of H-pyrrole nitrogens is 1. The molecule has 0 spiro atoms. The van der Waals surface area contributed by atoms with E-state index >= 15 is 0 Å². The van der Waals surface area contributed by atoms with Gasteiger partial charge in [0.2, 0.25) is 11.7 Å². The van der Waals surface area contributed by atoms with Gasteiger partial charge in [0.25, 0.3) is 0 Å². The standard InChI is InChI=1S/C18H17N5O2/c1-2-5-14(6-3-1)11-23(12-15-8-9-19-21-15)13-17-20-18(22-25-17)16-7-4-10-24-16/h1-10H,11-13H2,(H,19,21). The number of hydrogen-bond donors (Lipinski definition) is 1. The minimum Gasteiger partial charge on any atom is -0.461 e. The topological polar surface area (TPSA) is 84.0 Å². The summed E-state index contributed by atoms with van der Waals surface area (Å²) in [6, 6.07) is 15.8. The predicted octanol–water partition coefficient (Wildman–Crippen LogP) is 3.26. The van der Waals surface area contributed by atoms with Crippen molar-refractivity contribution in [3.8, 4) is 11.6 Å². The zero-order valence-electron chi connectivity index (χ0n) is 13.5. The van der Waals surface area contributed by atoms with Gasteiger partial charge in [0.15, 0.2) is 5.76 Å². The average Bonchev–Trinajstić information content (AvgIpc) is 3.38. The Morgan fingerprint density at radius 3 is 2.64 bits per heavy atom. The van der Waals surface area contributed by atoms with Crippen molar-refractivity contribution in [2.45, 2.75) is 19.6 Å². The molecule has 0 unspecified atom stereocenters. The molecule has 0 atom stereocenters. The van der Waals surface area contributed by atoms with E-state index < -0.39 is 0 Å². The summed E-state index contributed by atoms with van der Waals surface area (Å²) in [6.07, 6.45) is 3.34. The third kappa shape index (κ3) is 3.84. The Balaban J connectivity index is 1.51. The third-order valence-corrected chi connectivity index (χ3v) is 3.77. The van der Waals surface area contributed by atoms with Crippen molar-refractivity contribution in [3.05, 3.63) is 78.1 Å². The van der Waals surface area contributed by atoms with Gasteiger partial charge in [-0.1, -0.05) is 35.5 Å². The van der Waals surface area contributed by atoms with Crippen LogP contribution in [0.5, 0.6) is 0 Å². The Hall–Kier alpha value is -3.19. The Bertz CT molecular complexity index is 885. The fraction of sp³-hybridized carbons (Fsp3) is 0.167. The number of nitrogens with zero attached hydrogens (tertiary/aromatic N) is 4. The summed E-state index contributed by atoms with van der Waals surface area (Å²) in [5.41, 5.74) is 2.24. The number of rotatable bonds is 7. The van der Waals surface area contributed by atoms with Crippen molar-refractivity contribution >= 4 is 0 Å². The molecule has 0 radical (unpaired) electrons. The highest BCUT2D eigenvalue weighted by atomic mass is 16.5. The first kappa shape index (κ1) is 15.3. The highest BCUT2D eigenvalue weighted by Crippen LogP contribution is 2.18. The lowest BCUT2D eigenvalue weighted by Gasteiger charge is -2.19. The molecular formula is C18H17N5O2. The van der Waals surface area contributed by atoms with E-state index in [2.05, 4.69) is 37.4 Å². The molecule has 0 saturated heterocycles. The maximum Gasteiger partial charge on any atom is 0.241 e. The van der Waals surface area contributed by atoms with E-state index in [4.69, 9.17) is 8.94 Å².